The second-order valence-electron chi connectivity index (χ2n) is 5.51. The van der Waals surface area contributed by atoms with Crippen molar-refractivity contribution in [1.82, 2.24) is 5.32 Å². The second-order valence-corrected chi connectivity index (χ2v) is 5.51. The highest BCUT2D eigenvalue weighted by Crippen LogP contribution is 2.29. The molecule has 0 bridgehead atoms. The molecule has 0 aliphatic heterocycles. The van der Waals surface area contributed by atoms with E-state index in [1.165, 1.54) is 24.8 Å². The fraction of sp³-hybridized carbons (Fsp3) is 0.600. The summed E-state index contributed by atoms with van der Waals surface area (Å²) >= 11 is 0. The Morgan fingerprint density at radius 1 is 1.12 bits per heavy atom. The summed E-state index contributed by atoms with van der Waals surface area (Å²) in [6, 6.07) is 8.13. The van der Waals surface area contributed by atoms with Crippen molar-refractivity contribution >= 4 is 0 Å². The van der Waals surface area contributed by atoms with Crippen LogP contribution < -0.4 is 5.32 Å². The van der Waals surface area contributed by atoms with Crippen LogP contribution in [0.4, 0.5) is 0 Å². The van der Waals surface area contributed by atoms with E-state index in [2.05, 4.69) is 19.2 Å². The molecule has 0 radical (unpaired) electrons. The van der Waals surface area contributed by atoms with E-state index in [1.54, 1.807) is 12.1 Å². The normalized spacial score (nSPS) is 29.2. The zero-order valence-electron chi connectivity index (χ0n) is 10.8. The van der Waals surface area contributed by atoms with Gasteiger partial charge in [0.05, 0.1) is 0 Å². The quantitative estimate of drug-likeness (QED) is 0.839. The molecule has 1 aromatic carbocycles. The number of nitrogens with one attached hydrogen (secondary N) is 1. The molecule has 2 N–H and O–H groups in total. The smallest absolute Gasteiger partial charge is 0.115 e. The van der Waals surface area contributed by atoms with Gasteiger partial charge in [-0.05, 0) is 48.8 Å². The first-order chi connectivity index (χ1) is 8.15. The number of benzene rings is 1. The van der Waals surface area contributed by atoms with Crippen LogP contribution in [-0.2, 0) is 6.54 Å². The van der Waals surface area contributed by atoms with Crippen LogP contribution in [0.25, 0.3) is 0 Å². The van der Waals surface area contributed by atoms with Gasteiger partial charge in [0.25, 0.3) is 0 Å². The molecule has 94 valence electrons. The molecular formula is C15H23NO. The maximum atomic E-state index is 9.22. The summed E-state index contributed by atoms with van der Waals surface area (Å²) in [6.07, 6.45) is 3.93. The van der Waals surface area contributed by atoms with Crippen LogP contribution in [0.3, 0.4) is 0 Å². The lowest BCUT2D eigenvalue weighted by Gasteiger charge is -2.32. The lowest BCUT2D eigenvalue weighted by Crippen LogP contribution is -2.35. The van der Waals surface area contributed by atoms with Gasteiger partial charge >= 0.3 is 0 Å². The minimum absolute atomic E-state index is 0.342. The third kappa shape index (κ3) is 3.47. The Hall–Kier alpha value is -1.02. The molecule has 0 saturated heterocycles. The Labute approximate surface area is 104 Å². The topological polar surface area (TPSA) is 32.3 Å². The summed E-state index contributed by atoms with van der Waals surface area (Å²) in [6.45, 7) is 5.63. The molecule has 2 rings (SSSR count). The van der Waals surface area contributed by atoms with E-state index < -0.39 is 0 Å². The van der Waals surface area contributed by atoms with Crippen molar-refractivity contribution in [3.63, 3.8) is 0 Å². The van der Waals surface area contributed by atoms with E-state index in [-0.39, 0.29) is 0 Å². The average molecular weight is 233 g/mol. The Bertz CT molecular complexity index is 346. The SMILES string of the molecule is CC1CCC(NCc2ccc(O)cc2)CC1C. The minimum atomic E-state index is 0.342. The number of rotatable bonds is 3. The van der Waals surface area contributed by atoms with E-state index in [0.29, 0.717) is 11.8 Å². The number of hydrogen-bond donors (Lipinski definition) is 2. The summed E-state index contributed by atoms with van der Waals surface area (Å²) in [5, 5.41) is 12.8. The highest BCUT2D eigenvalue weighted by molar-refractivity contribution is 5.25. The van der Waals surface area contributed by atoms with Crippen LogP contribution in [0.5, 0.6) is 5.75 Å². The number of aromatic hydroxyl groups is 1. The van der Waals surface area contributed by atoms with Crippen LogP contribution in [0.1, 0.15) is 38.7 Å². The maximum absolute atomic E-state index is 9.22. The number of hydrogen-bond acceptors (Lipinski definition) is 2. The summed E-state index contributed by atoms with van der Waals surface area (Å²) < 4.78 is 0. The second kappa shape index (κ2) is 5.54. The van der Waals surface area contributed by atoms with Crippen LogP contribution in [0.15, 0.2) is 24.3 Å². The van der Waals surface area contributed by atoms with Gasteiger partial charge in [0.1, 0.15) is 5.75 Å². The van der Waals surface area contributed by atoms with Crippen molar-refractivity contribution in [3.05, 3.63) is 29.8 Å². The third-order valence-corrected chi connectivity index (χ3v) is 4.13. The van der Waals surface area contributed by atoms with Gasteiger partial charge in [0.15, 0.2) is 0 Å². The van der Waals surface area contributed by atoms with Gasteiger partial charge in [-0.15, -0.1) is 0 Å². The summed E-state index contributed by atoms with van der Waals surface area (Å²) in [5.41, 5.74) is 1.24. The Morgan fingerprint density at radius 2 is 1.82 bits per heavy atom. The van der Waals surface area contributed by atoms with Crippen LogP contribution >= 0.6 is 0 Å². The van der Waals surface area contributed by atoms with Gasteiger partial charge in [-0.25, -0.2) is 0 Å². The van der Waals surface area contributed by atoms with Gasteiger partial charge in [-0.1, -0.05) is 26.0 Å². The van der Waals surface area contributed by atoms with E-state index in [9.17, 15) is 5.11 Å². The molecule has 1 saturated carbocycles. The first-order valence-corrected chi connectivity index (χ1v) is 6.66. The fourth-order valence-corrected chi connectivity index (χ4v) is 2.61. The van der Waals surface area contributed by atoms with E-state index in [1.807, 2.05) is 12.1 Å². The van der Waals surface area contributed by atoms with Crippen LogP contribution in [-0.4, -0.2) is 11.1 Å². The predicted molar refractivity (Wildman–Crippen MR) is 70.9 cm³/mol. The molecule has 1 aliphatic rings. The Balaban J connectivity index is 1.80. The third-order valence-electron chi connectivity index (χ3n) is 4.13. The van der Waals surface area contributed by atoms with Gasteiger partial charge < -0.3 is 10.4 Å². The van der Waals surface area contributed by atoms with Crippen molar-refractivity contribution in [3.8, 4) is 5.75 Å². The maximum Gasteiger partial charge on any atom is 0.115 e. The lowest BCUT2D eigenvalue weighted by molar-refractivity contribution is 0.225. The molecule has 0 spiro atoms. The fourth-order valence-electron chi connectivity index (χ4n) is 2.61. The molecule has 1 fully saturated rings. The minimum Gasteiger partial charge on any atom is -0.508 e. The van der Waals surface area contributed by atoms with E-state index in [0.717, 1.165) is 18.4 Å². The summed E-state index contributed by atoms with van der Waals surface area (Å²) in [7, 11) is 0. The average Bonchev–Trinajstić information content (AvgIpc) is 2.33. The van der Waals surface area contributed by atoms with Crippen molar-refractivity contribution in [2.45, 2.75) is 45.7 Å². The highest BCUT2D eigenvalue weighted by atomic mass is 16.3. The van der Waals surface area contributed by atoms with Crippen LogP contribution in [0, 0.1) is 11.8 Å². The van der Waals surface area contributed by atoms with Crippen LogP contribution in [0.2, 0.25) is 0 Å². The zero-order valence-corrected chi connectivity index (χ0v) is 10.8. The largest absolute Gasteiger partial charge is 0.508 e. The van der Waals surface area contributed by atoms with E-state index >= 15 is 0 Å². The molecule has 2 heteroatoms. The molecule has 17 heavy (non-hydrogen) atoms. The van der Waals surface area contributed by atoms with Crippen molar-refractivity contribution < 1.29 is 5.11 Å². The van der Waals surface area contributed by atoms with Gasteiger partial charge in [-0.2, -0.15) is 0 Å². The van der Waals surface area contributed by atoms with Gasteiger partial charge in [-0.3, -0.25) is 0 Å². The molecule has 2 nitrogen and oxygen atoms in total. The van der Waals surface area contributed by atoms with Crippen molar-refractivity contribution in [2.24, 2.45) is 11.8 Å². The van der Waals surface area contributed by atoms with Gasteiger partial charge in [0, 0.05) is 12.6 Å². The molecule has 0 heterocycles. The van der Waals surface area contributed by atoms with Crippen molar-refractivity contribution in [1.29, 1.82) is 0 Å². The molecule has 0 aromatic heterocycles. The summed E-state index contributed by atoms with van der Waals surface area (Å²) in [4.78, 5) is 0. The molecule has 1 aliphatic carbocycles. The zero-order chi connectivity index (χ0) is 12.3. The molecule has 1 aromatic rings. The molecule has 0 amide bonds. The first kappa shape index (κ1) is 12.4. The number of phenolic OH excluding ortho intramolecular Hbond substituents is 1. The van der Waals surface area contributed by atoms with Crippen molar-refractivity contribution in [2.75, 3.05) is 0 Å². The van der Waals surface area contributed by atoms with Gasteiger partial charge in [0.2, 0.25) is 0 Å². The monoisotopic (exact) mass is 233 g/mol. The standard InChI is InChI=1S/C15H23NO/c1-11-3-6-14(9-12(11)2)16-10-13-4-7-15(17)8-5-13/h4-5,7-8,11-12,14,16-17H,3,6,9-10H2,1-2H3. The predicted octanol–water partition coefficient (Wildman–Crippen LogP) is 3.31. The Morgan fingerprint density at radius 3 is 2.47 bits per heavy atom. The summed E-state index contributed by atoms with van der Waals surface area (Å²) in [5.74, 6) is 2.05. The molecule has 3 atom stereocenters. The lowest BCUT2D eigenvalue weighted by atomic mass is 9.79. The Kier molecular flexibility index (Phi) is 4.06. The molecular weight excluding hydrogens is 210 g/mol. The van der Waals surface area contributed by atoms with E-state index in [4.69, 9.17) is 0 Å². The first-order valence-electron chi connectivity index (χ1n) is 6.66. The molecule has 3 unspecified atom stereocenters. The highest BCUT2D eigenvalue weighted by Gasteiger charge is 2.23. The number of phenols is 1.